The lowest BCUT2D eigenvalue weighted by atomic mass is 9.83. The van der Waals surface area contributed by atoms with Crippen molar-refractivity contribution >= 4 is 11.8 Å². The summed E-state index contributed by atoms with van der Waals surface area (Å²) < 4.78 is 17.2. The summed E-state index contributed by atoms with van der Waals surface area (Å²) in [4.78, 5) is 15.0. The molecule has 2 saturated heterocycles. The second-order valence-electron chi connectivity index (χ2n) is 11.0. The molecule has 0 amide bonds. The van der Waals surface area contributed by atoms with E-state index in [1.54, 1.807) is 7.11 Å². The number of hydrogen-bond acceptors (Lipinski definition) is 7. The zero-order valence-corrected chi connectivity index (χ0v) is 22.3. The van der Waals surface area contributed by atoms with Gasteiger partial charge < -0.3 is 24.0 Å². The summed E-state index contributed by atoms with van der Waals surface area (Å²) in [5, 5.41) is 0. The lowest BCUT2D eigenvalue weighted by Crippen LogP contribution is -2.38. The molecule has 1 saturated carbocycles. The molecule has 1 spiro atoms. The first kappa shape index (κ1) is 25.0. The number of aromatic nitrogens is 2. The van der Waals surface area contributed by atoms with Gasteiger partial charge in [-0.05, 0) is 54.4 Å². The number of methoxy groups -OCH3 is 1. The van der Waals surface area contributed by atoms with Crippen LogP contribution in [0.25, 0.3) is 0 Å². The van der Waals surface area contributed by atoms with E-state index in [-0.39, 0.29) is 0 Å². The maximum absolute atomic E-state index is 6.29. The summed E-state index contributed by atoms with van der Waals surface area (Å²) in [5.74, 6) is 3.18. The molecule has 7 nitrogen and oxygen atoms in total. The van der Waals surface area contributed by atoms with Crippen LogP contribution in [0.5, 0.6) is 11.6 Å². The van der Waals surface area contributed by atoms with Crippen molar-refractivity contribution in [2.24, 2.45) is 5.41 Å². The van der Waals surface area contributed by atoms with Crippen LogP contribution in [0.4, 0.5) is 11.8 Å². The van der Waals surface area contributed by atoms with Crippen LogP contribution in [0.3, 0.4) is 0 Å². The van der Waals surface area contributed by atoms with E-state index in [0.717, 1.165) is 49.1 Å². The highest BCUT2D eigenvalue weighted by molar-refractivity contribution is 5.50. The molecule has 6 rings (SSSR count). The molecule has 2 aliphatic heterocycles. The number of benzene rings is 2. The molecule has 3 aromatic rings. The van der Waals surface area contributed by atoms with E-state index in [2.05, 4.69) is 40.1 Å². The molecule has 200 valence electrons. The fourth-order valence-electron chi connectivity index (χ4n) is 6.39. The first-order valence-corrected chi connectivity index (χ1v) is 14.0. The van der Waals surface area contributed by atoms with Crippen molar-refractivity contribution in [2.45, 2.75) is 51.2 Å². The Labute approximate surface area is 225 Å². The molecular weight excluding hydrogens is 476 g/mol. The fourth-order valence-corrected chi connectivity index (χ4v) is 6.39. The quantitative estimate of drug-likeness (QED) is 0.405. The number of rotatable bonds is 8. The Bertz CT molecular complexity index is 1190. The molecule has 7 heteroatoms. The SMILES string of the molecule is COc1ccc(COc2cc(N3CCOCC3)nc(N3CC4(CCCC4)CC3Cc3ccccc3)n2)cc1. The molecule has 1 atom stereocenters. The van der Waals surface area contributed by atoms with Crippen LogP contribution in [-0.4, -0.2) is 56.0 Å². The monoisotopic (exact) mass is 514 g/mol. The highest BCUT2D eigenvalue weighted by atomic mass is 16.5. The number of anilines is 2. The smallest absolute Gasteiger partial charge is 0.230 e. The summed E-state index contributed by atoms with van der Waals surface area (Å²) in [6.07, 6.45) is 7.48. The second-order valence-corrected chi connectivity index (χ2v) is 11.0. The van der Waals surface area contributed by atoms with E-state index in [4.69, 9.17) is 24.2 Å². The number of ether oxygens (including phenoxy) is 3. The second kappa shape index (κ2) is 11.2. The summed E-state index contributed by atoms with van der Waals surface area (Å²) in [7, 11) is 1.68. The van der Waals surface area contributed by atoms with Crippen molar-refractivity contribution in [1.82, 2.24) is 9.97 Å². The van der Waals surface area contributed by atoms with Crippen molar-refractivity contribution in [2.75, 3.05) is 49.8 Å². The molecule has 3 aliphatic rings. The Morgan fingerprint density at radius 2 is 1.71 bits per heavy atom. The predicted octanol–water partition coefficient (Wildman–Crippen LogP) is 5.28. The number of morpholine rings is 1. The van der Waals surface area contributed by atoms with E-state index in [9.17, 15) is 0 Å². The average Bonchev–Trinajstić information content (AvgIpc) is 3.59. The van der Waals surface area contributed by atoms with Crippen molar-refractivity contribution in [3.8, 4) is 11.6 Å². The Kier molecular flexibility index (Phi) is 7.36. The fraction of sp³-hybridized carbons (Fsp3) is 0.484. The minimum Gasteiger partial charge on any atom is -0.497 e. The van der Waals surface area contributed by atoms with Crippen LogP contribution in [0, 0.1) is 5.41 Å². The van der Waals surface area contributed by atoms with Gasteiger partial charge in [-0.15, -0.1) is 0 Å². The zero-order chi connectivity index (χ0) is 25.8. The van der Waals surface area contributed by atoms with Gasteiger partial charge in [-0.1, -0.05) is 55.3 Å². The normalized spacial score (nSPS) is 20.7. The molecule has 0 bridgehead atoms. The van der Waals surface area contributed by atoms with Crippen molar-refractivity contribution in [1.29, 1.82) is 0 Å². The maximum Gasteiger partial charge on any atom is 0.230 e. The minimum absolute atomic E-state index is 0.377. The van der Waals surface area contributed by atoms with Crippen molar-refractivity contribution in [3.05, 3.63) is 71.8 Å². The van der Waals surface area contributed by atoms with Gasteiger partial charge in [-0.3, -0.25) is 0 Å². The van der Waals surface area contributed by atoms with E-state index in [1.165, 1.54) is 37.7 Å². The van der Waals surface area contributed by atoms with Gasteiger partial charge in [0.25, 0.3) is 0 Å². The lowest BCUT2D eigenvalue weighted by Gasteiger charge is -2.30. The van der Waals surface area contributed by atoms with Gasteiger partial charge in [0, 0.05) is 31.7 Å². The van der Waals surface area contributed by atoms with Gasteiger partial charge >= 0.3 is 0 Å². The van der Waals surface area contributed by atoms with E-state index < -0.39 is 0 Å². The van der Waals surface area contributed by atoms with Crippen LogP contribution in [0.1, 0.15) is 43.2 Å². The van der Waals surface area contributed by atoms with Gasteiger partial charge in [-0.2, -0.15) is 9.97 Å². The number of hydrogen-bond donors (Lipinski definition) is 0. The maximum atomic E-state index is 6.29. The summed E-state index contributed by atoms with van der Waals surface area (Å²) >= 11 is 0. The van der Waals surface area contributed by atoms with Crippen LogP contribution < -0.4 is 19.3 Å². The Hall–Kier alpha value is -3.32. The third kappa shape index (κ3) is 5.58. The lowest BCUT2D eigenvalue weighted by molar-refractivity contribution is 0.122. The standard InChI is InChI=1S/C31H38N4O3/c1-36-27-11-9-25(10-12-27)22-38-29-20-28(34-15-17-37-18-16-34)32-30(33-29)35-23-31(13-5-6-14-31)21-26(35)19-24-7-3-2-4-8-24/h2-4,7-12,20,26H,5-6,13-19,21-23H2,1H3. The Morgan fingerprint density at radius 3 is 2.45 bits per heavy atom. The van der Waals surface area contributed by atoms with Crippen LogP contribution in [0.2, 0.25) is 0 Å². The number of nitrogens with zero attached hydrogens (tertiary/aromatic N) is 4. The van der Waals surface area contributed by atoms with Gasteiger partial charge in [0.15, 0.2) is 0 Å². The van der Waals surface area contributed by atoms with Crippen molar-refractivity contribution in [3.63, 3.8) is 0 Å². The van der Waals surface area contributed by atoms with Gasteiger partial charge in [0.1, 0.15) is 18.2 Å². The van der Waals surface area contributed by atoms with E-state index in [1.807, 2.05) is 30.3 Å². The predicted molar refractivity (Wildman–Crippen MR) is 149 cm³/mol. The largest absolute Gasteiger partial charge is 0.497 e. The third-order valence-electron chi connectivity index (χ3n) is 8.41. The molecule has 0 N–H and O–H groups in total. The Morgan fingerprint density at radius 1 is 0.947 bits per heavy atom. The highest BCUT2D eigenvalue weighted by Crippen LogP contribution is 2.49. The molecule has 3 fully saturated rings. The summed E-state index contributed by atoms with van der Waals surface area (Å²) in [6.45, 7) is 4.54. The zero-order valence-electron chi connectivity index (χ0n) is 22.3. The van der Waals surface area contributed by atoms with Gasteiger partial charge in [-0.25, -0.2) is 0 Å². The molecule has 38 heavy (non-hydrogen) atoms. The molecular formula is C31H38N4O3. The summed E-state index contributed by atoms with van der Waals surface area (Å²) in [6, 6.07) is 21.2. The molecule has 1 unspecified atom stereocenters. The molecule has 2 aromatic carbocycles. The van der Waals surface area contributed by atoms with E-state index >= 15 is 0 Å². The first-order valence-electron chi connectivity index (χ1n) is 14.0. The third-order valence-corrected chi connectivity index (χ3v) is 8.41. The average molecular weight is 515 g/mol. The van der Waals surface area contributed by atoms with Crippen LogP contribution in [0.15, 0.2) is 60.7 Å². The summed E-state index contributed by atoms with van der Waals surface area (Å²) in [5.41, 5.74) is 2.83. The first-order chi connectivity index (χ1) is 18.7. The molecule has 1 aliphatic carbocycles. The highest BCUT2D eigenvalue weighted by Gasteiger charge is 2.46. The van der Waals surface area contributed by atoms with Gasteiger partial charge in [0.2, 0.25) is 11.8 Å². The van der Waals surface area contributed by atoms with Gasteiger partial charge in [0.05, 0.1) is 20.3 Å². The molecule has 0 radical (unpaired) electrons. The molecule has 1 aromatic heterocycles. The molecule has 3 heterocycles. The van der Waals surface area contributed by atoms with Crippen LogP contribution >= 0.6 is 0 Å². The van der Waals surface area contributed by atoms with Crippen molar-refractivity contribution < 1.29 is 14.2 Å². The van der Waals surface area contributed by atoms with E-state index in [0.29, 0.717) is 37.2 Å². The topological polar surface area (TPSA) is 60.0 Å². The van der Waals surface area contributed by atoms with Crippen LogP contribution in [-0.2, 0) is 17.8 Å². The minimum atomic E-state index is 0.377. The Balaban J connectivity index is 1.30.